The first kappa shape index (κ1) is 12.7. The molecule has 0 aromatic carbocycles. The van der Waals surface area contributed by atoms with E-state index >= 15 is 0 Å². The lowest BCUT2D eigenvalue weighted by atomic mass is 9.96. The van der Waals surface area contributed by atoms with E-state index in [1.54, 1.807) is 11.3 Å². The predicted octanol–water partition coefficient (Wildman–Crippen LogP) is 4.54. The molecule has 1 saturated heterocycles. The van der Waals surface area contributed by atoms with Crippen molar-refractivity contribution in [1.82, 2.24) is 0 Å². The highest BCUT2D eigenvalue weighted by atomic mass is 79.9. The number of Topliss-reactive ketones (excluding diaryl/α,β-unsaturated/α-hetero) is 1. The van der Waals surface area contributed by atoms with Gasteiger partial charge in [-0.25, -0.2) is 0 Å². The largest absolute Gasteiger partial charge is 0.293 e. The van der Waals surface area contributed by atoms with Crippen LogP contribution in [-0.4, -0.2) is 17.3 Å². The molecule has 0 N–H and O–H groups in total. The number of aryl methyl sites for hydroxylation is 1. The molecule has 0 atom stereocenters. The van der Waals surface area contributed by atoms with Crippen LogP contribution in [0.2, 0.25) is 0 Å². The van der Waals surface area contributed by atoms with Crippen LogP contribution in [0.3, 0.4) is 0 Å². The van der Waals surface area contributed by atoms with E-state index in [4.69, 9.17) is 0 Å². The molecular formula is C12H15BrOS2. The van der Waals surface area contributed by atoms with Gasteiger partial charge in [-0.05, 0) is 64.7 Å². The Morgan fingerprint density at radius 3 is 2.75 bits per heavy atom. The fraction of sp³-hybridized carbons (Fsp3) is 0.583. The molecule has 0 amide bonds. The van der Waals surface area contributed by atoms with Crippen molar-refractivity contribution in [3.8, 4) is 0 Å². The lowest BCUT2D eigenvalue weighted by Gasteiger charge is -2.19. The third kappa shape index (κ3) is 3.11. The highest BCUT2D eigenvalue weighted by molar-refractivity contribution is 9.11. The molecule has 2 heterocycles. The van der Waals surface area contributed by atoms with E-state index in [0.717, 1.165) is 15.1 Å². The first-order valence-corrected chi connectivity index (χ1v) is 8.30. The average Bonchev–Trinajstić information content (AvgIpc) is 2.61. The Bertz CT molecular complexity index is 361. The number of hydrogen-bond donors (Lipinski definition) is 0. The molecule has 0 unspecified atom stereocenters. The van der Waals surface area contributed by atoms with Crippen molar-refractivity contribution in [2.75, 3.05) is 11.5 Å². The summed E-state index contributed by atoms with van der Waals surface area (Å²) in [6, 6.07) is 2.01. The van der Waals surface area contributed by atoms with E-state index in [0.29, 0.717) is 11.7 Å². The second-order valence-corrected chi connectivity index (χ2v) is 7.85. The van der Waals surface area contributed by atoms with Gasteiger partial charge in [0.25, 0.3) is 0 Å². The molecule has 1 nitrogen and oxygen atoms in total. The van der Waals surface area contributed by atoms with E-state index in [1.165, 1.54) is 29.9 Å². The van der Waals surface area contributed by atoms with Crippen molar-refractivity contribution in [2.45, 2.75) is 26.2 Å². The highest BCUT2D eigenvalue weighted by Gasteiger charge is 2.19. The van der Waals surface area contributed by atoms with Gasteiger partial charge in [0.15, 0.2) is 5.78 Å². The van der Waals surface area contributed by atoms with Gasteiger partial charge in [0.1, 0.15) is 0 Å². The number of thiophene rings is 1. The molecule has 0 spiro atoms. The zero-order valence-electron chi connectivity index (χ0n) is 9.29. The van der Waals surface area contributed by atoms with Crippen molar-refractivity contribution in [3.63, 3.8) is 0 Å². The summed E-state index contributed by atoms with van der Waals surface area (Å²) in [5, 5.41) is 0. The summed E-state index contributed by atoms with van der Waals surface area (Å²) in [6.07, 6.45) is 3.16. The first-order chi connectivity index (χ1) is 7.66. The van der Waals surface area contributed by atoms with Crippen molar-refractivity contribution < 1.29 is 4.79 Å². The van der Waals surface area contributed by atoms with Crippen LogP contribution < -0.4 is 0 Å². The number of halogens is 1. The number of carbonyl (C=O) groups is 1. The smallest absolute Gasteiger partial charge is 0.173 e. The average molecular weight is 319 g/mol. The number of ketones is 1. The summed E-state index contributed by atoms with van der Waals surface area (Å²) in [7, 11) is 0. The van der Waals surface area contributed by atoms with Gasteiger partial charge in [-0.2, -0.15) is 11.8 Å². The number of thioether (sulfide) groups is 1. The van der Waals surface area contributed by atoms with Crippen LogP contribution in [0.4, 0.5) is 0 Å². The quantitative estimate of drug-likeness (QED) is 0.761. The van der Waals surface area contributed by atoms with Crippen molar-refractivity contribution in [2.24, 2.45) is 5.92 Å². The normalized spacial score (nSPS) is 17.6. The Balaban J connectivity index is 1.96. The van der Waals surface area contributed by atoms with Gasteiger partial charge in [0.2, 0.25) is 0 Å². The van der Waals surface area contributed by atoms with Crippen molar-refractivity contribution in [3.05, 3.63) is 20.3 Å². The third-order valence-electron chi connectivity index (χ3n) is 2.95. The molecule has 0 radical (unpaired) electrons. The first-order valence-electron chi connectivity index (χ1n) is 5.53. The van der Waals surface area contributed by atoms with Gasteiger partial charge >= 0.3 is 0 Å². The Labute approximate surface area is 113 Å². The molecule has 1 aromatic heterocycles. The minimum Gasteiger partial charge on any atom is -0.293 e. The van der Waals surface area contributed by atoms with Crippen LogP contribution in [0.15, 0.2) is 9.85 Å². The number of hydrogen-bond acceptors (Lipinski definition) is 3. The maximum atomic E-state index is 12.1. The minimum absolute atomic E-state index is 0.329. The van der Waals surface area contributed by atoms with E-state index in [-0.39, 0.29) is 0 Å². The van der Waals surface area contributed by atoms with Crippen LogP contribution in [0.25, 0.3) is 0 Å². The fourth-order valence-electron chi connectivity index (χ4n) is 1.91. The minimum atomic E-state index is 0.329. The van der Waals surface area contributed by atoms with Gasteiger partial charge in [-0.15, -0.1) is 11.3 Å². The third-order valence-corrected chi connectivity index (χ3v) is 6.17. The standard InChI is InChI=1S/C12H15BrOS2/c1-8-6-11(16-12(8)13)10(14)7-9-2-4-15-5-3-9/h6,9H,2-5,7H2,1H3. The molecule has 16 heavy (non-hydrogen) atoms. The Morgan fingerprint density at radius 1 is 1.50 bits per heavy atom. The van der Waals surface area contributed by atoms with Crippen molar-refractivity contribution >= 4 is 44.8 Å². The van der Waals surface area contributed by atoms with Crippen LogP contribution in [0.1, 0.15) is 34.5 Å². The molecule has 1 aliphatic heterocycles. The molecular weight excluding hydrogens is 304 g/mol. The lowest BCUT2D eigenvalue weighted by molar-refractivity contribution is 0.0962. The summed E-state index contributed by atoms with van der Waals surface area (Å²) in [5.74, 6) is 3.40. The maximum absolute atomic E-state index is 12.1. The maximum Gasteiger partial charge on any atom is 0.173 e. The molecule has 1 aromatic rings. The van der Waals surface area contributed by atoms with Crippen LogP contribution in [-0.2, 0) is 0 Å². The molecule has 1 fully saturated rings. The van der Waals surface area contributed by atoms with Gasteiger partial charge in [0, 0.05) is 6.42 Å². The Hall–Kier alpha value is 0.200. The Kier molecular flexibility index (Phi) is 4.50. The van der Waals surface area contributed by atoms with E-state index in [2.05, 4.69) is 15.9 Å². The molecule has 0 aliphatic carbocycles. The van der Waals surface area contributed by atoms with E-state index < -0.39 is 0 Å². The summed E-state index contributed by atoms with van der Waals surface area (Å²) < 4.78 is 1.09. The van der Waals surface area contributed by atoms with E-state index in [1.807, 2.05) is 24.8 Å². The summed E-state index contributed by atoms with van der Waals surface area (Å²) >= 11 is 7.06. The molecule has 2 rings (SSSR count). The topological polar surface area (TPSA) is 17.1 Å². The van der Waals surface area contributed by atoms with Crippen LogP contribution in [0.5, 0.6) is 0 Å². The fourth-order valence-corrected chi connectivity index (χ4v) is 4.60. The second-order valence-electron chi connectivity index (χ2n) is 4.25. The number of carbonyl (C=O) groups excluding carboxylic acids is 1. The molecule has 1 aliphatic rings. The second kappa shape index (κ2) is 5.69. The SMILES string of the molecule is Cc1cc(C(=O)CC2CCSCC2)sc1Br. The summed E-state index contributed by atoms with van der Waals surface area (Å²) in [5.41, 5.74) is 1.17. The zero-order chi connectivity index (χ0) is 11.5. The highest BCUT2D eigenvalue weighted by Crippen LogP contribution is 2.31. The molecule has 4 heteroatoms. The molecule has 88 valence electrons. The van der Waals surface area contributed by atoms with Crippen molar-refractivity contribution in [1.29, 1.82) is 0 Å². The summed E-state index contributed by atoms with van der Waals surface area (Å²) in [6.45, 7) is 2.04. The van der Waals surface area contributed by atoms with Gasteiger partial charge in [0.05, 0.1) is 8.66 Å². The predicted molar refractivity (Wildman–Crippen MR) is 75.8 cm³/mol. The van der Waals surface area contributed by atoms with Crippen LogP contribution >= 0.6 is 39.0 Å². The van der Waals surface area contributed by atoms with Gasteiger partial charge < -0.3 is 0 Å². The van der Waals surface area contributed by atoms with E-state index in [9.17, 15) is 4.79 Å². The van der Waals surface area contributed by atoms with Gasteiger partial charge in [-0.1, -0.05) is 0 Å². The molecule has 0 saturated carbocycles. The lowest BCUT2D eigenvalue weighted by Crippen LogP contribution is -2.13. The zero-order valence-corrected chi connectivity index (χ0v) is 12.5. The molecule has 0 bridgehead atoms. The summed E-state index contributed by atoms with van der Waals surface area (Å²) in [4.78, 5) is 13.0. The van der Waals surface area contributed by atoms with Gasteiger partial charge in [-0.3, -0.25) is 4.79 Å². The van der Waals surface area contributed by atoms with Crippen LogP contribution in [0, 0.1) is 12.8 Å². The Morgan fingerprint density at radius 2 is 2.19 bits per heavy atom. The monoisotopic (exact) mass is 318 g/mol. The number of rotatable bonds is 3.